The van der Waals surface area contributed by atoms with E-state index in [9.17, 15) is 12.8 Å². The van der Waals surface area contributed by atoms with Gasteiger partial charge in [0.05, 0.1) is 5.02 Å². The summed E-state index contributed by atoms with van der Waals surface area (Å²) in [6, 6.07) is 9.93. The Morgan fingerprint density at radius 1 is 1.23 bits per heavy atom. The van der Waals surface area contributed by atoms with Crippen LogP contribution >= 0.6 is 22.9 Å². The van der Waals surface area contributed by atoms with Crippen LogP contribution in [-0.2, 0) is 23.2 Å². The first kappa shape index (κ1) is 21.0. The molecule has 0 aliphatic carbocycles. The Balaban J connectivity index is 1.50. The van der Waals surface area contributed by atoms with Crippen LogP contribution in [0.5, 0.6) is 5.75 Å². The second-order valence-electron chi connectivity index (χ2n) is 6.84. The Hall–Kier alpha value is -2.20. The van der Waals surface area contributed by atoms with E-state index in [-0.39, 0.29) is 22.5 Å². The quantitative estimate of drug-likeness (QED) is 0.527. The second-order valence-corrected chi connectivity index (χ2v) is 9.80. The number of halogens is 2. The second kappa shape index (κ2) is 8.89. The molecule has 0 spiro atoms. The predicted molar refractivity (Wildman–Crippen MR) is 115 cm³/mol. The van der Waals surface area contributed by atoms with Gasteiger partial charge in [-0.3, -0.25) is 9.62 Å². The Labute approximate surface area is 183 Å². The van der Waals surface area contributed by atoms with Crippen molar-refractivity contribution in [3.05, 3.63) is 69.9 Å². The Kier molecular flexibility index (Phi) is 6.24. The molecule has 0 amide bonds. The van der Waals surface area contributed by atoms with Crippen molar-refractivity contribution in [2.45, 2.75) is 24.5 Å². The molecule has 1 aliphatic heterocycles. The van der Waals surface area contributed by atoms with Gasteiger partial charge in [0, 0.05) is 24.2 Å². The zero-order valence-electron chi connectivity index (χ0n) is 15.8. The van der Waals surface area contributed by atoms with Gasteiger partial charge in [-0.1, -0.05) is 35.9 Å². The van der Waals surface area contributed by atoms with Crippen molar-refractivity contribution in [3.8, 4) is 5.75 Å². The number of hydrogen-bond acceptors (Lipinski definition) is 6. The van der Waals surface area contributed by atoms with Crippen LogP contribution in [0.4, 0.5) is 9.52 Å². The van der Waals surface area contributed by atoms with E-state index in [2.05, 4.69) is 14.6 Å². The van der Waals surface area contributed by atoms with Crippen molar-refractivity contribution in [3.63, 3.8) is 0 Å². The van der Waals surface area contributed by atoms with Crippen molar-refractivity contribution in [2.75, 3.05) is 17.8 Å². The van der Waals surface area contributed by atoms with Gasteiger partial charge in [-0.2, -0.15) is 0 Å². The van der Waals surface area contributed by atoms with Gasteiger partial charge >= 0.3 is 0 Å². The van der Waals surface area contributed by atoms with E-state index < -0.39 is 20.7 Å². The average molecular weight is 468 g/mol. The summed E-state index contributed by atoms with van der Waals surface area (Å²) in [4.78, 5) is 5.62. The summed E-state index contributed by atoms with van der Waals surface area (Å²) in [5, 5.41) is 1.76. The highest BCUT2D eigenvalue weighted by molar-refractivity contribution is 7.93. The van der Waals surface area contributed by atoms with E-state index in [4.69, 9.17) is 16.3 Å². The summed E-state index contributed by atoms with van der Waals surface area (Å²) >= 11 is 7.30. The van der Waals surface area contributed by atoms with Gasteiger partial charge in [-0.15, -0.1) is 11.3 Å². The molecule has 0 saturated carbocycles. The molecule has 2 heterocycles. The third kappa shape index (κ3) is 4.75. The lowest BCUT2D eigenvalue weighted by Crippen LogP contribution is -2.36. The standard InChI is InChI=1S/C20H19ClFN3O3S2/c21-16-10-19(30(26,27)24-20-23-6-9-29-20)17(22)11-18(16)28-13-15-5-2-1-4-14(15)12-25-7-3-8-25/h1-2,4-6,9-11H,3,7-8,12-13H2,(H,23,24). The van der Waals surface area contributed by atoms with Gasteiger partial charge in [0.2, 0.25) is 0 Å². The topological polar surface area (TPSA) is 71.5 Å². The minimum Gasteiger partial charge on any atom is -0.487 e. The minimum atomic E-state index is -4.16. The maximum Gasteiger partial charge on any atom is 0.266 e. The number of rotatable bonds is 8. The van der Waals surface area contributed by atoms with Crippen molar-refractivity contribution in [1.29, 1.82) is 0 Å². The SMILES string of the molecule is O=S(=O)(Nc1nccs1)c1cc(Cl)c(OCc2ccccc2CN2CCC2)cc1F. The number of benzene rings is 2. The van der Waals surface area contributed by atoms with E-state index in [0.29, 0.717) is 0 Å². The summed E-state index contributed by atoms with van der Waals surface area (Å²) < 4.78 is 47.5. The molecular formula is C20H19ClFN3O3S2. The average Bonchev–Trinajstić information content (AvgIpc) is 3.18. The zero-order valence-corrected chi connectivity index (χ0v) is 18.2. The fraction of sp³-hybridized carbons (Fsp3) is 0.250. The van der Waals surface area contributed by atoms with Crippen LogP contribution in [0.15, 0.2) is 52.9 Å². The Morgan fingerprint density at radius 3 is 2.67 bits per heavy atom. The lowest BCUT2D eigenvalue weighted by Gasteiger charge is -2.31. The molecule has 3 aromatic rings. The Morgan fingerprint density at radius 2 is 2.00 bits per heavy atom. The number of likely N-dealkylation sites (tertiary alicyclic amines) is 1. The summed E-state index contributed by atoms with van der Waals surface area (Å²) in [6.07, 6.45) is 2.66. The van der Waals surface area contributed by atoms with E-state index in [1.165, 1.54) is 12.6 Å². The molecule has 1 aromatic heterocycles. The van der Waals surface area contributed by atoms with E-state index in [1.54, 1.807) is 5.38 Å². The van der Waals surface area contributed by atoms with Gasteiger partial charge < -0.3 is 4.74 Å². The van der Waals surface area contributed by atoms with Crippen molar-refractivity contribution in [2.24, 2.45) is 0 Å². The van der Waals surface area contributed by atoms with Crippen LogP contribution in [0, 0.1) is 5.82 Å². The third-order valence-corrected chi connectivity index (χ3v) is 7.24. The monoisotopic (exact) mass is 467 g/mol. The van der Waals surface area contributed by atoms with E-state index >= 15 is 0 Å². The van der Waals surface area contributed by atoms with E-state index in [1.807, 2.05) is 24.3 Å². The molecule has 1 fully saturated rings. The lowest BCUT2D eigenvalue weighted by molar-refractivity contribution is 0.171. The van der Waals surface area contributed by atoms with Crippen LogP contribution in [-0.4, -0.2) is 31.4 Å². The molecule has 1 aliphatic rings. The Bertz CT molecular complexity index is 1140. The molecule has 1 saturated heterocycles. The molecule has 0 atom stereocenters. The van der Waals surface area contributed by atoms with Gasteiger partial charge in [-0.25, -0.2) is 17.8 Å². The number of thiazole rings is 1. The molecule has 2 aromatic carbocycles. The van der Waals surface area contributed by atoms with Crippen LogP contribution in [0.1, 0.15) is 17.5 Å². The molecule has 1 N–H and O–H groups in total. The molecule has 0 bridgehead atoms. The zero-order chi connectivity index (χ0) is 21.1. The molecule has 4 rings (SSSR count). The molecule has 10 heteroatoms. The number of sulfonamides is 1. The largest absolute Gasteiger partial charge is 0.487 e. The number of nitrogens with one attached hydrogen (secondary N) is 1. The van der Waals surface area contributed by atoms with Gasteiger partial charge in [0.25, 0.3) is 10.0 Å². The molecule has 158 valence electrons. The summed E-state index contributed by atoms with van der Waals surface area (Å²) in [7, 11) is -4.16. The molecular weight excluding hydrogens is 449 g/mol. The normalized spacial score (nSPS) is 14.3. The smallest absolute Gasteiger partial charge is 0.266 e. The highest BCUT2D eigenvalue weighted by Gasteiger charge is 2.23. The maximum atomic E-state index is 14.6. The fourth-order valence-corrected chi connectivity index (χ4v) is 5.22. The predicted octanol–water partition coefficient (Wildman–Crippen LogP) is 4.52. The maximum absolute atomic E-state index is 14.6. The summed E-state index contributed by atoms with van der Waals surface area (Å²) in [6.45, 7) is 3.20. The minimum absolute atomic E-state index is 0.0103. The molecule has 0 radical (unpaired) electrons. The van der Waals surface area contributed by atoms with Gasteiger partial charge in [-0.05, 0) is 36.7 Å². The first-order chi connectivity index (χ1) is 14.4. The highest BCUT2D eigenvalue weighted by Crippen LogP contribution is 2.32. The van der Waals surface area contributed by atoms with E-state index in [0.717, 1.165) is 54.2 Å². The first-order valence-electron chi connectivity index (χ1n) is 9.26. The van der Waals surface area contributed by atoms with Crippen LogP contribution in [0.25, 0.3) is 0 Å². The van der Waals surface area contributed by atoms with Crippen LogP contribution < -0.4 is 9.46 Å². The van der Waals surface area contributed by atoms with Crippen LogP contribution in [0.3, 0.4) is 0 Å². The van der Waals surface area contributed by atoms with Crippen molar-refractivity contribution < 1.29 is 17.5 Å². The van der Waals surface area contributed by atoms with Crippen LogP contribution in [0.2, 0.25) is 5.02 Å². The number of aromatic nitrogens is 1. The van der Waals surface area contributed by atoms with Crippen molar-refractivity contribution in [1.82, 2.24) is 9.88 Å². The fourth-order valence-electron chi connectivity index (χ4n) is 3.06. The highest BCUT2D eigenvalue weighted by atomic mass is 35.5. The van der Waals surface area contributed by atoms with Gasteiger partial charge in [0.15, 0.2) is 5.13 Å². The first-order valence-corrected chi connectivity index (χ1v) is 12.0. The third-order valence-electron chi connectivity index (χ3n) is 4.77. The molecule has 30 heavy (non-hydrogen) atoms. The van der Waals surface area contributed by atoms with Gasteiger partial charge in [0.1, 0.15) is 23.1 Å². The molecule has 6 nitrogen and oxygen atoms in total. The molecule has 0 unspecified atom stereocenters. The van der Waals surface area contributed by atoms with Crippen molar-refractivity contribution >= 4 is 38.1 Å². The number of ether oxygens (including phenoxy) is 1. The summed E-state index contributed by atoms with van der Waals surface area (Å²) in [5.41, 5.74) is 2.11. The number of hydrogen-bond donors (Lipinski definition) is 1. The lowest BCUT2D eigenvalue weighted by atomic mass is 10.1. The summed E-state index contributed by atoms with van der Waals surface area (Å²) in [5.74, 6) is -0.867. The number of nitrogens with zero attached hydrogens (tertiary/aromatic N) is 2. The number of anilines is 1.